The molecule has 0 bridgehead atoms. The van der Waals surface area contributed by atoms with Crippen molar-refractivity contribution in [1.82, 2.24) is 4.90 Å². The Labute approximate surface area is 194 Å². The number of rotatable bonds is 4. The van der Waals surface area contributed by atoms with E-state index in [9.17, 15) is 9.59 Å². The summed E-state index contributed by atoms with van der Waals surface area (Å²) in [5, 5.41) is 0.986. The van der Waals surface area contributed by atoms with Crippen molar-refractivity contribution >= 4 is 19.8 Å². The van der Waals surface area contributed by atoms with Crippen molar-refractivity contribution in [2.75, 3.05) is 13.2 Å². The molecule has 1 spiro atoms. The maximum absolute atomic E-state index is 13.8. The molecule has 5 nitrogen and oxygen atoms in total. The van der Waals surface area contributed by atoms with Crippen LogP contribution in [0.25, 0.3) is 0 Å². The maximum atomic E-state index is 13.8. The molecule has 0 aromatic carbocycles. The van der Waals surface area contributed by atoms with E-state index < -0.39 is 13.9 Å². The number of hydrogen-bond acceptors (Lipinski definition) is 4. The lowest BCUT2D eigenvalue weighted by atomic mass is 9.64. The molecule has 0 saturated carbocycles. The summed E-state index contributed by atoms with van der Waals surface area (Å²) >= 11 is 0. The van der Waals surface area contributed by atoms with Crippen LogP contribution in [-0.4, -0.2) is 49.7 Å². The number of carbonyl (C=O) groups excluding carboxylic acids is 2. The Morgan fingerprint density at radius 1 is 0.969 bits per heavy atom. The van der Waals surface area contributed by atoms with Crippen molar-refractivity contribution in [1.29, 1.82) is 0 Å². The fourth-order valence-corrected chi connectivity index (χ4v) is 14.6. The topological polar surface area (TPSA) is 55.8 Å². The molecule has 0 aromatic heterocycles. The van der Waals surface area contributed by atoms with E-state index in [1.54, 1.807) is 0 Å². The molecule has 0 aromatic rings. The summed E-state index contributed by atoms with van der Waals surface area (Å²) in [6.07, 6.45) is 4.56. The zero-order valence-electron chi connectivity index (χ0n) is 21.2. The number of nitrogens with zero attached hydrogens (tertiary/aromatic N) is 1. The maximum Gasteiger partial charge on any atom is 0.253 e. The summed E-state index contributed by atoms with van der Waals surface area (Å²) in [7, 11) is -2.13. The number of allylic oxidation sites excluding steroid dienone is 1. The summed E-state index contributed by atoms with van der Waals surface area (Å²) in [5.41, 5.74) is 3.00. The van der Waals surface area contributed by atoms with Crippen LogP contribution < -0.4 is 0 Å². The third-order valence-corrected chi connectivity index (χ3v) is 16.2. The molecule has 32 heavy (non-hydrogen) atoms. The number of hydrogen-bond donors (Lipinski definition) is 0. The molecule has 3 aliphatic heterocycles. The van der Waals surface area contributed by atoms with Gasteiger partial charge in [-0.05, 0) is 40.2 Å². The van der Waals surface area contributed by atoms with Gasteiger partial charge in [0.2, 0.25) is 0 Å². The Bertz CT molecular complexity index is 854. The SMILES string of the molecule is CC(C)[Si](C1=CN2C(=O)C3=C(C[C@H]2CC1=O)C(C)(C)C1(CC3)OCCO1)(C(C)C)C(C)C. The third kappa shape index (κ3) is 3.08. The van der Waals surface area contributed by atoms with Gasteiger partial charge in [-0.15, -0.1) is 0 Å². The van der Waals surface area contributed by atoms with Gasteiger partial charge in [0.25, 0.3) is 5.91 Å². The fraction of sp³-hybridized carbons (Fsp3) is 0.769. The molecule has 0 N–H and O–H groups in total. The summed E-state index contributed by atoms with van der Waals surface area (Å²) in [5.74, 6) is -0.271. The Kier molecular flexibility index (Phi) is 5.91. The van der Waals surface area contributed by atoms with Crippen LogP contribution in [0.3, 0.4) is 0 Å². The van der Waals surface area contributed by atoms with Crippen LogP contribution in [-0.2, 0) is 19.1 Å². The molecule has 1 fully saturated rings. The Balaban J connectivity index is 1.78. The first kappa shape index (κ1) is 23.9. The number of amides is 1. The van der Waals surface area contributed by atoms with Gasteiger partial charge in [-0.3, -0.25) is 9.59 Å². The molecule has 178 valence electrons. The first-order valence-electron chi connectivity index (χ1n) is 12.5. The van der Waals surface area contributed by atoms with Crippen molar-refractivity contribution in [2.24, 2.45) is 5.41 Å². The average molecular weight is 460 g/mol. The van der Waals surface area contributed by atoms with Crippen molar-refractivity contribution < 1.29 is 19.1 Å². The summed E-state index contributed by atoms with van der Waals surface area (Å²) < 4.78 is 12.2. The Hall–Kier alpha value is -1.24. The molecule has 0 unspecified atom stereocenters. The predicted molar refractivity (Wildman–Crippen MR) is 129 cm³/mol. The van der Waals surface area contributed by atoms with Gasteiger partial charge in [0.1, 0.15) is 8.07 Å². The van der Waals surface area contributed by atoms with E-state index in [0.717, 1.165) is 22.8 Å². The molecule has 1 atom stereocenters. The molecule has 1 aliphatic carbocycles. The lowest BCUT2D eigenvalue weighted by molar-refractivity contribution is -0.226. The minimum Gasteiger partial charge on any atom is -0.347 e. The first-order valence-corrected chi connectivity index (χ1v) is 14.7. The number of ether oxygens (including phenoxy) is 2. The van der Waals surface area contributed by atoms with Crippen molar-refractivity contribution in [2.45, 2.75) is 110 Å². The van der Waals surface area contributed by atoms with E-state index in [1.807, 2.05) is 11.1 Å². The van der Waals surface area contributed by atoms with E-state index in [-0.39, 0.29) is 23.1 Å². The van der Waals surface area contributed by atoms with Crippen LogP contribution in [0, 0.1) is 5.41 Å². The number of carbonyl (C=O) groups is 2. The van der Waals surface area contributed by atoms with Gasteiger partial charge in [0.15, 0.2) is 11.6 Å². The van der Waals surface area contributed by atoms with Gasteiger partial charge in [-0.2, -0.15) is 0 Å². The summed E-state index contributed by atoms with van der Waals surface area (Å²) in [6.45, 7) is 19.1. The highest BCUT2D eigenvalue weighted by atomic mass is 28.3. The minimum atomic E-state index is -2.13. The summed E-state index contributed by atoms with van der Waals surface area (Å²) in [4.78, 5) is 29.4. The lowest BCUT2D eigenvalue weighted by Crippen LogP contribution is -2.57. The summed E-state index contributed by atoms with van der Waals surface area (Å²) in [6, 6.07) is -0.0912. The number of Topliss-reactive ketones (excluding diaryl/α,β-unsaturated/α-hetero) is 1. The second-order valence-electron chi connectivity index (χ2n) is 11.7. The Morgan fingerprint density at radius 3 is 2.06 bits per heavy atom. The van der Waals surface area contributed by atoms with Gasteiger partial charge < -0.3 is 14.4 Å². The monoisotopic (exact) mass is 459 g/mol. The van der Waals surface area contributed by atoms with Gasteiger partial charge >= 0.3 is 0 Å². The van der Waals surface area contributed by atoms with Crippen LogP contribution in [0.15, 0.2) is 22.5 Å². The van der Waals surface area contributed by atoms with E-state index in [2.05, 4.69) is 55.4 Å². The largest absolute Gasteiger partial charge is 0.347 e. The number of ketones is 1. The molecule has 1 saturated heterocycles. The van der Waals surface area contributed by atoms with Gasteiger partial charge in [0, 0.05) is 36.1 Å². The third-order valence-electron chi connectivity index (χ3n) is 9.18. The Morgan fingerprint density at radius 2 is 1.53 bits per heavy atom. The first-order chi connectivity index (χ1) is 14.9. The normalized spacial score (nSPS) is 27.5. The zero-order valence-corrected chi connectivity index (χ0v) is 22.2. The highest BCUT2D eigenvalue weighted by Gasteiger charge is 2.58. The predicted octanol–water partition coefficient (Wildman–Crippen LogP) is 5.52. The molecule has 4 rings (SSSR count). The standard InChI is InChI=1S/C26H41NO4Si/c1-16(2)32(17(3)4,18(5)6)23-15-27-19(14-22(23)28)13-21-20(24(27)29)9-10-26(25(21,7)8)30-11-12-31-26/h15-19H,9-14H2,1-8H3/t19-/m0/s1. The molecular formula is C26H41NO4Si. The highest BCUT2D eigenvalue weighted by Crippen LogP contribution is 2.56. The second kappa shape index (κ2) is 7.92. The average Bonchev–Trinajstić information content (AvgIpc) is 3.17. The second-order valence-corrected chi connectivity index (χ2v) is 17.5. The highest BCUT2D eigenvalue weighted by molar-refractivity contribution is 6.93. The van der Waals surface area contributed by atoms with Crippen LogP contribution in [0.5, 0.6) is 0 Å². The number of fused-ring (bicyclic) bond motifs is 1. The molecule has 1 amide bonds. The van der Waals surface area contributed by atoms with E-state index in [4.69, 9.17) is 9.47 Å². The quantitative estimate of drug-likeness (QED) is 0.519. The minimum absolute atomic E-state index is 0.0912. The van der Waals surface area contributed by atoms with E-state index in [1.165, 1.54) is 0 Å². The molecular weight excluding hydrogens is 418 g/mol. The lowest BCUT2D eigenvalue weighted by Gasteiger charge is -2.53. The van der Waals surface area contributed by atoms with E-state index >= 15 is 0 Å². The van der Waals surface area contributed by atoms with Crippen molar-refractivity contribution in [3.8, 4) is 0 Å². The molecule has 3 heterocycles. The zero-order chi connectivity index (χ0) is 23.6. The van der Waals surface area contributed by atoms with Crippen molar-refractivity contribution in [3.63, 3.8) is 0 Å². The van der Waals surface area contributed by atoms with Crippen LogP contribution in [0.2, 0.25) is 16.6 Å². The molecule has 4 aliphatic rings. The van der Waals surface area contributed by atoms with Crippen LogP contribution >= 0.6 is 0 Å². The fourth-order valence-electron chi connectivity index (χ4n) is 7.75. The van der Waals surface area contributed by atoms with Crippen LogP contribution in [0.4, 0.5) is 0 Å². The molecule has 6 heteroatoms. The van der Waals surface area contributed by atoms with Gasteiger partial charge in [-0.1, -0.05) is 55.4 Å². The van der Waals surface area contributed by atoms with Gasteiger partial charge in [-0.25, -0.2) is 0 Å². The van der Waals surface area contributed by atoms with Crippen molar-refractivity contribution in [3.05, 3.63) is 22.5 Å². The van der Waals surface area contributed by atoms with E-state index in [0.29, 0.717) is 49.1 Å². The molecule has 0 radical (unpaired) electrons. The van der Waals surface area contributed by atoms with Gasteiger partial charge in [0.05, 0.1) is 13.2 Å². The smallest absolute Gasteiger partial charge is 0.253 e. The van der Waals surface area contributed by atoms with Crippen LogP contribution in [0.1, 0.15) is 81.1 Å².